The number of nitrogens with zero attached hydrogens (tertiary/aromatic N) is 2. The van der Waals surface area contributed by atoms with E-state index in [1.165, 1.54) is 45.1 Å². The Morgan fingerprint density at radius 2 is 1.84 bits per heavy atom. The number of piperazine rings is 1. The van der Waals surface area contributed by atoms with E-state index in [1.54, 1.807) is 12.5 Å². The number of hydrogen-bond donors (Lipinski definition) is 1. The van der Waals surface area contributed by atoms with Crippen LogP contribution in [0, 0.1) is 40.4 Å². The highest BCUT2D eigenvalue weighted by atomic mass is 16.3. The Kier molecular flexibility index (Phi) is 6.02. The van der Waals surface area contributed by atoms with E-state index in [0.29, 0.717) is 10.8 Å². The first-order chi connectivity index (χ1) is 15.2. The van der Waals surface area contributed by atoms with Gasteiger partial charge in [-0.15, -0.1) is 0 Å². The minimum atomic E-state index is -0.103. The Balaban J connectivity index is 1.26. The van der Waals surface area contributed by atoms with E-state index in [-0.39, 0.29) is 12.0 Å². The smallest absolute Gasteiger partial charge is 0.219 e. The summed E-state index contributed by atoms with van der Waals surface area (Å²) in [6.45, 7) is 14.5. The number of rotatable bonds is 3. The minimum absolute atomic E-state index is 0.103. The fourth-order valence-corrected chi connectivity index (χ4v) is 9.40. The van der Waals surface area contributed by atoms with Crippen LogP contribution < -0.4 is 0 Å². The Bertz CT molecular complexity index is 757. The van der Waals surface area contributed by atoms with Crippen LogP contribution in [0.5, 0.6) is 0 Å². The molecular weight excluding hydrogens is 396 g/mol. The number of amides is 1. The van der Waals surface area contributed by atoms with E-state index < -0.39 is 0 Å². The van der Waals surface area contributed by atoms with Gasteiger partial charge in [0.15, 0.2) is 0 Å². The van der Waals surface area contributed by atoms with Gasteiger partial charge in [0.25, 0.3) is 0 Å². The molecule has 8 atom stereocenters. The average molecular weight is 443 g/mol. The van der Waals surface area contributed by atoms with Crippen LogP contribution in [0.2, 0.25) is 0 Å². The van der Waals surface area contributed by atoms with E-state index in [0.717, 1.165) is 68.6 Å². The van der Waals surface area contributed by atoms with Gasteiger partial charge in [-0.1, -0.05) is 32.4 Å². The van der Waals surface area contributed by atoms with Crippen molar-refractivity contribution >= 4 is 5.91 Å². The molecule has 1 amide bonds. The van der Waals surface area contributed by atoms with Crippen molar-refractivity contribution in [2.45, 2.75) is 85.2 Å². The van der Waals surface area contributed by atoms with Crippen LogP contribution >= 0.6 is 0 Å². The normalized spacial score (nSPS) is 45.5. The molecule has 1 heterocycles. The lowest BCUT2D eigenvalue weighted by Gasteiger charge is -2.58. The van der Waals surface area contributed by atoms with Gasteiger partial charge in [-0.3, -0.25) is 9.69 Å². The van der Waals surface area contributed by atoms with Gasteiger partial charge in [0.2, 0.25) is 5.91 Å². The molecule has 0 aromatic rings. The molecule has 5 aliphatic rings. The predicted molar refractivity (Wildman–Crippen MR) is 129 cm³/mol. The maximum Gasteiger partial charge on any atom is 0.219 e. The molecule has 0 spiro atoms. The lowest BCUT2D eigenvalue weighted by atomic mass is 9.47. The molecule has 0 aromatic carbocycles. The van der Waals surface area contributed by atoms with Crippen molar-refractivity contribution in [3.05, 3.63) is 11.6 Å². The van der Waals surface area contributed by atoms with Gasteiger partial charge < -0.3 is 10.0 Å². The summed E-state index contributed by atoms with van der Waals surface area (Å²) in [4.78, 5) is 16.3. The van der Waals surface area contributed by atoms with E-state index >= 15 is 0 Å². The van der Waals surface area contributed by atoms with Gasteiger partial charge in [-0.2, -0.15) is 0 Å². The van der Waals surface area contributed by atoms with Crippen molar-refractivity contribution in [2.24, 2.45) is 40.4 Å². The number of aliphatic hydroxyl groups is 1. The molecule has 32 heavy (non-hydrogen) atoms. The first kappa shape index (κ1) is 22.9. The number of carbonyl (C=O) groups excluding carboxylic acids is 1. The Morgan fingerprint density at radius 3 is 2.56 bits per heavy atom. The molecule has 4 nitrogen and oxygen atoms in total. The van der Waals surface area contributed by atoms with Crippen LogP contribution in [0.3, 0.4) is 0 Å². The van der Waals surface area contributed by atoms with E-state index in [2.05, 4.69) is 31.7 Å². The molecule has 0 radical (unpaired) electrons. The molecule has 4 heteroatoms. The molecule has 4 fully saturated rings. The summed E-state index contributed by atoms with van der Waals surface area (Å²) in [7, 11) is 0. The largest absolute Gasteiger partial charge is 0.393 e. The van der Waals surface area contributed by atoms with Crippen molar-refractivity contribution in [1.82, 2.24) is 9.80 Å². The molecule has 1 saturated heterocycles. The van der Waals surface area contributed by atoms with Gasteiger partial charge in [-0.05, 0) is 91.8 Å². The number of carbonyl (C=O) groups is 1. The van der Waals surface area contributed by atoms with E-state index in [4.69, 9.17) is 0 Å². The molecule has 4 aliphatic carbocycles. The number of hydrogen-bond acceptors (Lipinski definition) is 3. The maximum absolute atomic E-state index is 11.7. The molecule has 5 rings (SSSR count). The lowest BCUT2D eigenvalue weighted by Crippen LogP contribution is -2.52. The highest BCUT2D eigenvalue weighted by Gasteiger charge is 2.59. The van der Waals surface area contributed by atoms with Crippen LogP contribution in [-0.4, -0.2) is 59.6 Å². The Labute approximate surface area is 195 Å². The summed E-state index contributed by atoms with van der Waals surface area (Å²) < 4.78 is 0. The second-order valence-corrected chi connectivity index (χ2v) is 12.7. The quantitative estimate of drug-likeness (QED) is 0.643. The minimum Gasteiger partial charge on any atom is -0.393 e. The van der Waals surface area contributed by atoms with Crippen LogP contribution in [0.15, 0.2) is 11.6 Å². The predicted octanol–water partition coefficient (Wildman–Crippen LogP) is 4.73. The summed E-state index contributed by atoms with van der Waals surface area (Å²) in [5.41, 5.74) is 2.44. The summed E-state index contributed by atoms with van der Waals surface area (Å²) in [5.74, 6) is 4.37. The third-order valence-corrected chi connectivity index (χ3v) is 11.2. The van der Waals surface area contributed by atoms with Crippen molar-refractivity contribution in [3.63, 3.8) is 0 Å². The third-order valence-electron chi connectivity index (χ3n) is 11.2. The number of fused-ring (bicyclic) bond motifs is 5. The molecular formula is C28H46N2O2. The standard InChI is InChI=1S/C28H46N2O2/c1-19(18-29-13-15-30(16-14-29)20(2)31)24-7-8-25-23-6-5-21-17-22(32)9-11-27(21,3)26(23)10-12-28(24,25)4/h5,19,22-26,32H,6-18H2,1-4H3/t19-,22+,23+,24-,25+,26+,27+,28-/m1/s1. The van der Waals surface area contributed by atoms with E-state index in [9.17, 15) is 9.90 Å². The SMILES string of the molecule is CC(=O)N1CCN(C[C@@H](C)[C@H]2CC[C@H]3[C@@H]4CC=C5C[C@@H](O)CC[C@]5(C)[C@H]4CC[C@]23C)CC1. The Hall–Kier alpha value is -0.870. The van der Waals surface area contributed by atoms with Gasteiger partial charge in [0.05, 0.1) is 6.10 Å². The summed E-state index contributed by atoms with van der Waals surface area (Å²) in [5, 5.41) is 10.3. The van der Waals surface area contributed by atoms with Gasteiger partial charge in [0, 0.05) is 39.6 Å². The third kappa shape index (κ3) is 3.68. The second-order valence-electron chi connectivity index (χ2n) is 12.7. The Morgan fingerprint density at radius 1 is 1.09 bits per heavy atom. The van der Waals surface area contributed by atoms with Crippen LogP contribution in [0.1, 0.15) is 79.1 Å². The zero-order valence-electron chi connectivity index (χ0n) is 21.0. The van der Waals surface area contributed by atoms with Crippen LogP contribution in [0.25, 0.3) is 0 Å². The highest BCUT2D eigenvalue weighted by molar-refractivity contribution is 5.73. The van der Waals surface area contributed by atoms with Crippen molar-refractivity contribution in [2.75, 3.05) is 32.7 Å². The van der Waals surface area contributed by atoms with Gasteiger partial charge >= 0.3 is 0 Å². The zero-order valence-corrected chi connectivity index (χ0v) is 21.0. The molecule has 3 saturated carbocycles. The number of aliphatic hydroxyl groups excluding tert-OH is 1. The first-order valence-electron chi connectivity index (χ1n) is 13.6. The summed E-state index contributed by atoms with van der Waals surface area (Å²) in [6.07, 6.45) is 12.5. The summed E-state index contributed by atoms with van der Waals surface area (Å²) >= 11 is 0. The average Bonchev–Trinajstić information content (AvgIpc) is 3.12. The van der Waals surface area contributed by atoms with E-state index in [1.807, 2.05) is 4.90 Å². The van der Waals surface area contributed by atoms with Gasteiger partial charge in [0.1, 0.15) is 0 Å². The van der Waals surface area contributed by atoms with Gasteiger partial charge in [-0.25, -0.2) is 0 Å². The van der Waals surface area contributed by atoms with Crippen molar-refractivity contribution in [1.29, 1.82) is 0 Å². The van der Waals surface area contributed by atoms with Crippen molar-refractivity contribution < 1.29 is 9.90 Å². The topological polar surface area (TPSA) is 43.8 Å². The molecule has 0 aromatic heterocycles. The molecule has 180 valence electrons. The van der Waals surface area contributed by atoms with Crippen molar-refractivity contribution in [3.8, 4) is 0 Å². The molecule has 0 unspecified atom stereocenters. The zero-order chi connectivity index (χ0) is 22.7. The second kappa shape index (κ2) is 8.41. The molecule has 0 bridgehead atoms. The maximum atomic E-state index is 11.7. The first-order valence-corrected chi connectivity index (χ1v) is 13.6. The molecule has 1 aliphatic heterocycles. The molecule has 1 N–H and O–H groups in total. The fraction of sp³-hybridized carbons (Fsp3) is 0.893. The van der Waals surface area contributed by atoms with Crippen LogP contribution in [0.4, 0.5) is 0 Å². The lowest BCUT2D eigenvalue weighted by molar-refractivity contribution is -0.130. The van der Waals surface area contributed by atoms with Crippen LogP contribution in [-0.2, 0) is 4.79 Å². The summed E-state index contributed by atoms with van der Waals surface area (Å²) in [6, 6.07) is 0. The highest BCUT2D eigenvalue weighted by Crippen LogP contribution is 2.67. The monoisotopic (exact) mass is 442 g/mol. The fourth-order valence-electron chi connectivity index (χ4n) is 9.40. The number of allylic oxidation sites excluding steroid dienone is 1.